The van der Waals surface area contributed by atoms with E-state index < -0.39 is 0 Å². The molecule has 1 atom stereocenters. The van der Waals surface area contributed by atoms with Gasteiger partial charge in [0.2, 0.25) is 0 Å². The Bertz CT molecular complexity index is 535. The summed E-state index contributed by atoms with van der Waals surface area (Å²) in [4.78, 5) is 2.67. The van der Waals surface area contributed by atoms with Crippen molar-refractivity contribution >= 4 is 18.7 Å². The number of rotatable bonds is 9. The van der Waals surface area contributed by atoms with Crippen LogP contribution in [0.1, 0.15) is 50.7 Å². The van der Waals surface area contributed by atoms with Crippen molar-refractivity contribution in [2.45, 2.75) is 52.9 Å². The second-order valence-electron chi connectivity index (χ2n) is 6.16. The first-order chi connectivity index (χ1) is 10.2. The largest absolute Gasteiger partial charge is 0.303 e. The Balaban J connectivity index is 1.97. The summed E-state index contributed by atoms with van der Waals surface area (Å²) in [5.74, 6) is 2.47. The zero-order valence-corrected chi connectivity index (χ0v) is 14.9. The third kappa shape index (κ3) is 4.87. The van der Waals surface area contributed by atoms with E-state index in [0.717, 1.165) is 8.19 Å². The van der Waals surface area contributed by atoms with Gasteiger partial charge in [0.15, 0.2) is 0 Å². The van der Waals surface area contributed by atoms with Gasteiger partial charge in [-0.05, 0) is 67.2 Å². The number of aryl methyl sites for hydroxylation is 1. The molecule has 2 aromatic rings. The van der Waals surface area contributed by atoms with Crippen molar-refractivity contribution in [3.8, 4) is 0 Å². The van der Waals surface area contributed by atoms with E-state index in [0.29, 0.717) is 0 Å². The normalized spacial score (nSPS) is 12.0. The van der Waals surface area contributed by atoms with E-state index in [1.54, 1.807) is 10.7 Å². The SMILES string of the molecule is CCCCN(CCCC)CCc1c[pH]c2cc(C)ccc12. The number of benzene rings is 1. The predicted molar refractivity (Wildman–Crippen MR) is 98.1 cm³/mol. The molecule has 116 valence electrons. The summed E-state index contributed by atoms with van der Waals surface area (Å²) < 4.78 is 0. The summed E-state index contributed by atoms with van der Waals surface area (Å²) in [5.41, 5.74) is 2.98. The van der Waals surface area contributed by atoms with E-state index in [-0.39, 0.29) is 0 Å². The molecule has 0 aliphatic carbocycles. The van der Waals surface area contributed by atoms with Gasteiger partial charge in [0.25, 0.3) is 0 Å². The van der Waals surface area contributed by atoms with E-state index in [1.165, 1.54) is 62.7 Å². The fraction of sp³-hybridized carbons (Fsp3) is 0.579. The van der Waals surface area contributed by atoms with Gasteiger partial charge >= 0.3 is 0 Å². The highest BCUT2D eigenvalue weighted by Gasteiger charge is 2.07. The minimum absolute atomic E-state index is 0.881. The minimum Gasteiger partial charge on any atom is -0.303 e. The maximum atomic E-state index is 2.67. The fourth-order valence-electron chi connectivity index (χ4n) is 2.88. The van der Waals surface area contributed by atoms with Crippen LogP contribution in [-0.4, -0.2) is 24.5 Å². The third-order valence-electron chi connectivity index (χ3n) is 4.28. The summed E-state index contributed by atoms with van der Waals surface area (Å²) in [6.07, 6.45) is 6.49. The van der Waals surface area contributed by atoms with Gasteiger partial charge in [0.1, 0.15) is 0 Å². The van der Waals surface area contributed by atoms with Crippen LogP contribution in [0.2, 0.25) is 0 Å². The summed E-state index contributed by atoms with van der Waals surface area (Å²) in [7, 11) is 0.881. The van der Waals surface area contributed by atoms with Gasteiger partial charge < -0.3 is 4.90 Å². The van der Waals surface area contributed by atoms with Crippen molar-refractivity contribution in [1.29, 1.82) is 0 Å². The van der Waals surface area contributed by atoms with Gasteiger partial charge in [-0.25, -0.2) is 0 Å². The van der Waals surface area contributed by atoms with Crippen LogP contribution in [0.25, 0.3) is 10.5 Å². The summed E-state index contributed by atoms with van der Waals surface area (Å²) in [6.45, 7) is 10.5. The molecule has 1 heterocycles. The average Bonchev–Trinajstić information content (AvgIpc) is 2.88. The maximum Gasteiger partial charge on any atom is 0.00222 e. The number of fused-ring (bicyclic) bond motifs is 1. The van der Waals surface area contributed by atoms with E-state index in [9.17, 15) is 0 Å². The molecule has 0 fully saturated rings. The summed E-state index contributed by atoms with van der Waals surface area (Å²) in [6, 6.07) is 6.95. The van der Waals surface area contributed by atoms with Crippen LogP contribution < -0.4 is 0 Å². The average molecular weight is 303 g/mol. The lowest BCUT2D eigenvalue weighted by atomic mass is 10.1. The number of hydrogen-bond donors (Lipinski definition) is 0. The van der Waals surface area contributed by atoms with Crippen LogP contribution in [0.3, 0.4) is 0 Å². The van der Waals surface area contributed by atoms with E-state index in [4.69, 9.17) is 0 Å². The van der Waals surface area contributed by atoms with E-state index >= 15 is 0 Å². The molecule has 0 bridgehead atoms. The Morgan fingerprint density at radius 2 is 1.71 bits per heavy atom. The number of nitrogens with zero attached hydrogens (tertiary/aromatic N) is 1. The lowest BCUT2D eigenvalue weighted by molar-refractivity contribution is 0.269. The molecule has 2 rings (SSSR count). The van der Waals surface area contributed by atoms with Gasteiger partial charge in [-0.2, -0.15) is 0 Å². The first-order valence-electron chi connectivity index (χ1n) is 8.53. The van der Waals surface area contributed by atoms with Gasteiger partial charge in [0, 0.05) is 6.54 Å². The van der Waals surface area contributed by atoms with E-state index in [2.05, 4.69) is 49.7 Å². The quantitative estimate of drug-likeness (QED) is 0.581. The molecule has 0 saturated heterocycles. The predicted octanol–water partition coefficient (Wildman–Crippen LogP) is 5.62. The molecule has 0 spiro atoms. The lowest BCUT2D eigenvalue weighted by Gasteiger charge is -2.21. The monoisotopic (exact) mass is 303 g/mol. The molecule has 1 nitrogen and oxygen atoms in total. The highest BCUT2D eigenvalue weighted by molar-refractivity contribution is 7.36. The van der Waals surface area contributed by atoms with Gasteiger partial charge in [-0.3, -0.25) is 0 Å². The van der Waals surface area contributed by atoms with Crippen LogP contribution >= 0.6 is 8.19 Å². The third-order valence-corrected chi connectivity index (χ3v) is 5.49. The Morgan fingerprint density at radius 1 is 1.00 bits per heavy atom. The Hall–Kier alpha value is -0.780. The molecule has 1 aromatic carbocycles. The molecular weight excluding hydrogens is 273 g/mol. The number of hydrogen-bond acceptors (Lipinski definition) is 1. The smallest absolute Gasteiger partial charge is 0.00222 e. The first kappa shape index (κ1) is 16.6. The van der Waals surface area contributed by atoms with Crippen molar-refractivity contribution in [3.05, 3.63) is 35.1 Å². The van der Waals surface area contributed by atoms with Crippen LogP contribution in [0.4, 0.5) is 0 Å². The molecule has 2 heteroatoms. The Kier molecular flexibility index (Phi) is 6.80. The molecule has 0 N–H and O–H groups in total. The highest BCUT2D eigenvalue weighted by Crippen LogP contribution is 2.30. The van der Waals surface area contributed by atoms with Crippen LogP contribution in [0.15, 0.2) is 24.0 Å². The Morgan fingerprint density at radius 3 is 2.38 bits per heavy atom. The van der Waals surface area contributed by atoms with Crippen molar-refractivity contribution in [1.82, 2.24) is 4.90 Å². The van der Waals surface area contributed by atoms with Gasteiger partial charge in [-0.15, -0.1) is 8.19 Å². The molecule has 21 heavy (non-hydrogen) atoms. The topological polar surface area (TPSA) is 3.24 Å². The molecule has 1 unspecified atom stereocenters. The summed E-state index contributed by atoms with van der Waals surface area (Å²) >= 11 is 0. The van der Waals surface area contributed by atoms with Gasteiger partial charge in [-0.1, -0.05) is 44.4 Å². The molecule has 0 amide bonds. The second kappa shape index (κ2) is 8.61. The van der Waals surface area contributed by atoms with Crippen LogP contribution in [0.5, 0.6) is 0 Å². The summed E-state index contributed by atoms with van der Waals surface area (Å²) in [5, 5.41) is 3.07. The fourth-order valence-corrected chi connectivity index (χ4v) is 4.22. The standard InChI is InChI=1S/C19H30NP/c1-4-6-11-20(12-7-5-2)13-10-17-15-21-19-14-16(3)8-9-18(17)19/h8-9,14-15,21H,4-7,10-13H2,1-3H3. The van der Waals surface area contributed by atoms with Crippen LogP contribution in [0, 0.1) is 6.92 Å². The zero-order valence-electron chi connectivity index (χ0n) is 13.9. The minimum atomic E-state index is 0.881. The molecule has 1 aromatic heterocycles. The highest BCUT2D eigenvalue weighted by atomic mass is 31.0. The van der Waals surface area contributed by atoms with Crippen molar-refractivity contribution in [3.63, 3.8) is 0 Å². The van der Waals surface area contributed by atoms with Crippen molar-refractivity contribution in [2.24, 2.45) is 0 Å². The molecular formula is C19H30NP. The molecule has 0 aliphatic heterocycles. The first-order valence-corrected chi connectivity index (χ1v) is 9.61. The second-order valence-corrected chi connectivity index (χ2v) is 7.28. The van der Waals surface area contributed by atoms with Gasteiger partial charge in [0.05, 0.1) is 0 Å². The zero-order chi connectivity index (χ0) is 15.1. The Labute approximate surface area is 131 Å². The lowest BCUT2D eigenvalue weighted by Crippen LogP contribution is -2.28. The van der Waals surface area contributed by atoms with Crippen molar-refractivity contribution < 1.29 is 0 Å². The molecule has 0 radical (unpaired) electrons. The molecule has 0 saturated carbocycles. The van der Waals surface area contributed by atoms with Crippen LogP contribution in [-0.2, 0) is 6.42 Å². The van der Waals surface area contributed by atoms with Crippen molar-refractivity contribution in [2.75, 3.05) is 19.6 Å². The number of unbranched alkanes of at least 4 members (excludes halogenated alkanes) is 2. The maximum absolute atomic E-state index is 2.67. The van der Waals surface area contributed by atoms with E-state index in [1.807, 2.05) is 0 Å². The molecule has 0 aliphatic rings.